The van der Waals surface area contributed by atoms with Gasteiger partial charge in [-0.05, 0) is 17.7 Å². The molecule has 0 saturated heterocycles. The molecule has 2 aromatic rings. The van der Waals surface area contributed by atoms with E-state index in [0.717, 1.165) is 0 Å². The summed E-state index contributed by atoms with van der Waals surface area (Å²) in [6, 6.07) is 5.56. The van der Waals surface area contributed by atoms with Crippen LogP contribution in [0.25, 0.3) is 0 Å². The Morgan fingerprint density at radius 3 is 2.22 bits per heavy atom. The number of phenols is 1. The molecule has 0 amide bonds. The first-order valence-electron chi connectivity index (χ1n) is 4.92. The predicted molar refractivity (Wildman–Crippen MR) is 62.3 cm³/mol. The van der Waals surface area contributed by atoms with Crippen LogP contribution in [0.2, 0.25) is 0 Å². The number of phenolic OH excluding ortho intramolecular Hbond substituents is 1. The van der Waals surface area contributed by atoms with E-state index in [1.165, 1.54) is 41.6 Å². The fourth-order valence-electron chi connectivity index (χ4n) is 1.41. The largest absolute Gasteiger partial charge is 0.508 e. The van der Waals surface area contributed by atoms with Crippen LogP contribution in [0, 0.1) is 0 Å². The molecule has 0 radical (unpaired) electrons. The predicted octanol–water partition coefficient (Wildman–Crippen LogP) is 0.404. The summed E-state index contributed by atoms with van der Waals surface area (Å²) in [7, 11) is -4.42. The Kier molecular flexibility index (Phi) is 3.33. The summed E-state index contributed by atoms with van der Waals surface area (Å²) in [6.07, 6.45) is 2.56. The minimum atomic E-state index is -4.42. The van der Waals surface area contributed by atoms with Crippen molar-refractivity contribution in [1.29, 1.82) is 0 Å². The van der Waals surface area contributed by atoms with Crippen molar-refractivity contribution in [2.75, 3.05) is 5.43 Å². The fraction of sp³-hybridized carbons (Fsp3) is 0.111. The highest BCUT2D eigenvalue weighted by molar-refractivity contribution is 7.52. The monoisotopic (exact) mass is 270 g/mol. The Morgan fingerprint density at radius 1 is 1.17 bits per heavy atom. The second-order valence-corrected chi connectivity index (χ2v) is 5.28. The van der Waals surface area contributed by atoms with Crippen LogP contribution >= 0.6 is 7.60 Å². The molecule has 8 nitrogen and oxygen atoms in total. The van der Waals surface area contributed by atoms with Gasteiger partial charge in [0, 0.05) is 0 Å². The lowest BCUT2D eigenvalue weighted by Gasteiger charge is -2.21. The van der Waals surface area contributed by atoms with Crippen molar-refractivity contribution in [1.82, 2.24) is 14.9 Å². The maximum atomic E-state index is 11.5. The molecule has 0 spiro atoms. The molecular formula is C9H11N4O4P. The van der Waals surface area contributed by atoms with E-state index in [9.17, 15) is 14.4 Å². The number of hydrogen-bond donors (Lipinski definition) is 4. The number of rotatable bonds is 4. The third-order valence-corrected chi connectivity index (χ3v) is 3.32. The zero-order valence-electron chi connectivity index (χ0n) is 9.08. The molecule has 1 aromatic heterocycles. The number of nitrogens with zero attached hydrogens (tertiary/aromatic N) is 3. The van der Waals surface area contributed by atoms with Gasteiger partial charge >= 0.3 is 7.60 Å². The quantitative estimate of drug-likeness (QED) is 0.593. The van der Waals surface area contributed by atoms with Gasteiger partial charge in [0.25, 0.3) is 0 Å². The van der Waals surface area contributed by atoms with E-state index >= 15 is 0 Å². The van der Waals surface area contributed by atoms with Crippen LogP contribution in [0.15, 0.2) is 36.9 Å². The molecule has 9 heteroatoms. The summed E-state index contributed by atoms with van der Waals surface area (Å²) in [6.45, 7) is 0. The standard InChI is InChI=1S/C9H11N4O4P/c14-8-3-1-7(2-4-8)9(18(15,16)17)12-13-5-10-11-6-13/h1-6,9,12,14H,(H2,15,16,17)/t9-/m1/s1. The first-order chi connectivity index (χ1) is 8.47. The first kappa shape index (κ1) is 12.6. The molecule has 0 bridgehead atoms. The molecule has 96 valence electrons. The van der Waals surface area contributed by atoms with E-state index in [0.29, 0.717) is 5.56 Å². The van der Waals surface area contributed by atoms with Gasteiger partial charge in [-0.1, -0.05) is 12.1 Å². The molecule has 1 atom stereocenters. The van der Waals surface area contributed by atoms with E-state index < -0.39 is 13.4 Å². The smallest absolute Gasteiger partial charge is 0.353 e. The van der Waals surface area contributed by atoms with Gasteiger partial charge in [-0.3, -0.25) is 4.57 Å². The zero-order chi connectivity index (χ0) is 13.2. The van der Waals surface area contributed by atoms with E-state index in [2.05, 4.69) is 15.6 Å². The molecule has 0 unspecified atom stereocenters. The highest BCUT2D eigenvalue weighted by atomic mass is 31.2. The topological polar surface area (TPSA) is 121 Å². The van der Waals surface area contributed by atoms with Crippen LogP contribution in [0.1, 0.15) is 11.3 Å². The van der Waals surface area contributed by atoms with Crippen molar-refractivity contribution in [3.8, 4) is 5.75 Å². The van der Waals surface area contributed by atoms with Crippen LogP contribution in [-0.2, 0) is 4.57 Å². The summed E-state index contributed by atoms with van der Waals surface area (Å²) in [5, 5.41) is 16.2. The molecule has 1 aromatic carbocycles. The Morgan fingerprint density at radius 2 is 1.72 bits per heavy atom. The van der Waals surface area contributed by atoms with Crippen molar-refractivity contribution in [3.63, 3.8) is 0 Å². The molecule has 18 heavy (non-hydrogen) atoms. The summed E-state index contributed by atoms with van der Waals surface area (Å²) in [5.41, 5.74) is 2.92. The maximum Gasteiger partial charge on any atom is 0.353 e. The minimum absolute atomic E-state index is 0.0208. The molecule has 0 aliphatic carbocycles. The summed E-state index contributed by atoms with van der Waals surface area (Å²) in [4.78, 5) is 18.7. The van der Waals surface area contributed by atoms with Crippen molar-refractivity contribution >= 4 is 7.60 Å². The summed E-state index contributed by atoms with van der Waals surface area (Å²) >= 11 is 0. The summed E-state index contributed by atoms with van der Waals surface area (Å²) in [5.74, 6) is -1.22. The van der Waals surface area contributed by atoms with Crippen molar-refractivity contribution in [3.05, 3.63) is 42.5 Å². The van der Waals surface area contributed by atoms with Crippen LogP contribution in [0.4, 0.5) is 0 Å². The molecule has 0 aliphatic rings. The van der Waals surface area contributed by atoms with Gasteiger partial charge < -0.3 is 20.3 Å². The van der Waals surface area contributed by atoms with Gasteiger partial charge in [-0.25, -0.2) is 4.68 Å². The number of benzene rings is 1. The molecule has 0 saturated carbocycles. The van der Waals surface area contributed by atoms with Crippen molar-refractivity contribution in [2.45, 2.75) is 5.78 Å². The van der Waals surface area contributed by atoms with Gasteiger partial charge in [0.1, 0.15) is 18.4 Å². The first-order valence-corrected chi connectivity index (χ1v) is 6.60. The van der Waals surface area contributed by atoms with Crippen LogP contribution in [-0.4, -0.2) is 29.8 Å². The van der Waals surface area contributed by atoms with Crippen LogP contribution in [0.5, 0.6) is 5.75 Å². The van der Waals surface area contributed by atoms with E-state index in [4.69, 9.17) is 5.11 Å². The van der Waals surface area contributed by atoms with Gasteiger partial charge in [-0.2, -0.15) is 0 Å². The molecule has 0 aliphatic heterocycles. The van der Waals surface area contributed by atoms with Crippen LogP contribution < -0.4 is 5.43 Å². The fourth-order valence-corrected chi connectivity index (χ4v) is 2.25. The molecule has 4 N–H and O–H groups in total. The molecular weight excluding hydrogens is 259 g/mol. The lowest BCUT2D eigenvalue weighted by Crippen LogP contribution is -2.20. The normalized spacial score (nSPS) is 13.2. The highest BCUT2D eigenvalue weighted by Gasteiger charge is 2.30. The van der Waals surface area contributed by atoms with Gasteiger partial charge in [0.2, 0.25) is 0 Å². The Balaban J connectivity index is 2.31. The Bertz CT molecular complexity index is 550. The van der Waals surface area contributed by atoms with Gasteiger partial charge in [-0.15, -0.1) is 10.2 Å². The second-order valence-electron chi connectivity index (χ2n) is 3.58. The highest BCUT2D eigenvalue weighted by Crippen LogP contribution is 2.50. The van der Waals surface area contributed by atoms with Gasteiger partial charge in [0.15, 0.2) is 5.78 Å². The lowest BCUT2D eigenvalue weighted by atomic mass is 10.2. The van der Waals surface area contributed by atoms with Crippen molar-refractivity contribution in [2.24, 2.45) is 0 Å². The Labute approximate surface area is 102 Å². The van der Waals surface area contributed by atoms with E-state index in [1.54, 1.807) is 0 Å². The average molecular weight is 270 g/mol. The van der Waals surface area contributed by atoms with E-state index in [1.807, 2.05) is 0 Å². The second kappa shape index (κ2) is 4.77. The van der Waals surface area contributed by atoms with Gasteiger partial charge in [0.05, 0.1) is 0 Å². The number of hydrogen-bond acceptors (Lipinski definition) is 5. The van der Waals surface area contributed by atoms with E-state index in [-0.39, 0.29) is 5.75 Å². The van der Waals surface area contributed by atoms with Crippen LogP contribution in [0.3, 0.4) is 0 Å². The lowest BCUT2D eigenvalue weighted by molar-refractivity contribution is 0.359. The van der Waals surface area contributed by atoms with Crippen molar-refractivity contribution < 1.29 is 19.5 Å². The summed E-state index contributed by atoms with van der Waals surface area (Å²) < 4.78 is 12.7. The third kappa shape index (κ3) is 2.86. The molecule has 2 rings (SSSR count). The molecule has 1 heterocycles. The average Bonchev–Trinajstić information content (AvgIpc) is 2.79. The maximum absolute atomic E-state index is 11.5. The number of aromatic hydroxyl groups is 1. The minimum Gasteiger partial charge on any atom is -0.508 e. The third-order valence-electron chi connectivity index (χ3n) is 2.24. The number of nitrogens with one attached hydrogen (secondary N) is 1. The molecule has 0 fully saturated rings. The SMILES string of the molecule is O=P(O)(O)[C@@H](Nn1cnnc1)c1ccc(O)cc1. The number of aromatic nitrogens is 3. The zero-order valence-corrected chi connectivity index (χ0v) is 9.97. The Hall–Kier alpha value is -1.89.